The zero-order chi connectivity index (χ0) is 17.3. The van der Waals surface area contributed by atoms with Crippen LogP contribution >= 0.6 is 15.9 Å². The summed E-state index contributed by atoms with van der Waals surface area (Å²) in [6, 6.07) is 1.74. The first-order chi connectivity index (χ1) is 10.8. The van der Waals surface area contributed by atoms with E-state index in [9.17, 15) is 15.0 Å². The fraction of sp³-hybridized carbons (Fsp3) is 0.438. The van der Waals surface area contributed by atoms with E-state index >= 15 is 0 Å². The van der Waals surface area contributed by atoms with Crippen LogP contribution in [0, 0.1) is 0 Å². The number of rotatable bonds is 5. The Morgan fingerprint density at radius 3 is 2.61 bits per heavy atom. The van der Waals surface area contributed by atoms with Gasteiger partial charge in [0, 0.05) is 24.5 Å². The van der Waals surface area contributed by atoms with Crippen molar-refractivity contribution in [1.29, 1.82) is 0 Å². The number of esters is 1. The van der Waals surface area contributed by atoms with Crippen LogP contribution in [0.3, 0.4) is 0 Å². The molecule has 0 saturated carbocycles. The average molecular weight is 385 g/mol. The van der Waals surface area contributed by atoms with Crippen molar-refractivity contribution in [3.05, 3.63) is 27.4 Å². The second-order valence-corrected chi connectivity index (χ2v) is 6.43. The number of aromatic nitrogens is 1. The van der Waals surface area contributed by atoms with Crippen molar-refractivity contribution in [1.82, 2.24) is 9.47 Å². The first kappa shape index (κ1) is 17.8. The van der Waals surface area contributed by atoms with E-state index in [1.807, 2.05) is 19.0 Å². The third-order valence-corrected chi connectivity index (χ3v) is 4.35. The molecule has 0 bridgehead atoms. The van der Waals surface area contributed by atoms with Gasteiger partial charge in [-0.1, -0.05) is 0 Å². The first-order valence-corrected chi connectivity index (χ1v) is 8.07. The van der Waals surface area contributed by atoms with Crippen molar-refractivity contribution >= 4 is 32.8 Å². The Bertz CT molecular complexity index is 753. The van der Waals surface area contributed by atoms with Gasteiger partial charge in [0.1, 0.15) is 5.75 Å². The van der Waals surface area contributed by atoms with E-state index in [0.29, 0.717) is 33.2 Å². The largest absolute Gasteiger partial charge is 0.506 e. The number of carbonyl (C=O) groups is 1. The lowest BCUT2D eigenvalue weighted by molar-refractivity contribution is 0.0524. The van der Waals surface area contributed by atoms with Gasteiger partial charge in [-0.25, -0.2) is 4.79 Å². The summed E-state index contributed by atoms with van der Waals surface area (Å²) in [4.78, 5) is 14.3. The highest BCUT2D eigenvalue weighted by Gasteiger charge is 2.26. The van der Waals surface area contributed by atoms with E-state index in [-0.39, 0.29) is 19.0 Å². The molecule has 0 atom stereocenters. The Balaban J connectivity index is 2.91. The lowest BCUT2D eigenvalue weighted by atomic mass is 10.0. The summed E-state index contributed by atoms with van der Waals surface area (Å²) in [6.45, 7) is 2.13. The van der Waals surface area contributed by atoms with Crippen molar-refractivity contribution in [2.75, 3.05) is 20.7 Å². The molecule has 2 aromatic rings. The molecule has 0 spiro atoms. The Morgan fingerprint density at radius 1 is 1.43 bits per heavy atom. The molecular weight excluding hydrogens is 364 g/mol. The smallest absolute Gasteiger partial charge is 0.340 e. The van der Waals surface area contributed by atoms with Crippen LogP contribution in [0.5, 0.6) is 5.75 Å². The summed E-state index contributed by atoms with van der Waals surface area (Å²) in [5, 5.41) is 20.8. The molecule has 0 unspecified atom stereocenters. The number of nitrogens with zero attached hydrogens (tertiary/aromatic N) is 2. The standard InChI is InChI=1S/C16H21BrN2O4/c1-5-23-16(22)14-12(8-20)19(4)11-6-10(17)15(21)9(13(11)14)7-18(2)3/h6,20-21H,5,7-8H2,1-4H3. The molecule has 0 aliphatic carbocycles. The number of phenolic OH excluding ortho intramolecular Hbond substituents is 1. The maximum Gasteiger partial charge on any atom is 0.340 e. The molecule has 1 heterocycles. The second kappa shape index (κ2) is 6.90. The van der Waals surface area contributed by atoms with E-state index in [4.69, 9.17) is 4.74 Å². The van der Waals surface area contributed by atoms with Gasteiger partial charge in [-0.15, -0.1) is 0 Å². The van der Waals surface area contributed by atoms with Crippen molar-refractivity contribution in [2.45, 2.75) is 20.1 Å². The number of hydrogen-bond acceptors (Lipinski definition) is 5. The zero-order valence-electron chi connectivity index (χ0n) is 13.7. The number of benzene rings is 1. The normalized spacial score (nSPS) is 11.4. The molecule has 0 saturated heterocycles. The molecule has 2 N–H and O–H groups in total. The topological polar surface area (TPSA) is 74.9 Å². The summed E-state index contributed by atoms with van der Waals surface area (Å²) in [5.74, 6) is -0.407. The summed E-state index contributed by atoms with van der Waals surface area (Å²) in [5.41, 5.74) is 2.15. The van der Waals surface area contributed by atoms with E-state index in [1.54, 1.807) is 24.6 Å². The van der Waals surface area contributed by atoms with Gasteiger partial charge in [-0.2, -0.15) is 0 Å². The number of carbonyl (C=O) groups excluding carboxylic acids is 1. The van der Waals surface area contributed by atoms with Gasteiger partial charge >= 0.3 is 5.97 Å². The number of aromatic hydroxyl groups is 1. The van der Waals surface area contributed by atoms with Gasteiger partial charge in [-0.3, -0.25) is 0 Å². The SMILES string of the molecule is CCOC(=O)c1c(CO)n(C)c2cc(Br)c(O)c(CN(C)C)c12. The van der Waals surface area contributed by atoms with Crippen LogP contribution in [-0.2, 0) is 24.9 Å². The number of ether oxygens (including phenoxy) is 1. The number of phenols is 1. The molecular formula is C16H21BrN2O4. The van der Waals surface area contributed by atoms with Crippen LogP contribution in [-0.4, -0.2) is 46.4 Å². The lowest BCUT2D eigenvalue weighted by Gasteiger charge is -2.15. The predicted octanol–water partition coefficient (Wildman–Crippen LogP) is 2.38. The first-order valence-electron chi connectivity index (χ1n) is 7.27. The van der Waals surface area contributed by atoms with Crippen molar-refractivity contribution in [3.8, 4) is 5.75 Å². The molecule has 1 aromatic heterocycles. The van der Waals surface area contributed by atoms with E-state index in [0.717, 1.165) is 5.52 Å². The van der Waals surface area contributed by atoms with Gasteiger partial charge in [0.25, 0.3) is 0 Å². The predicted molar refractivity (Wildman–Crippen MR) is 91.6 cm³/mol. The van der Waals surface area contributed by atoms with E-state index in [2.05, 4.69) is 15.9 Å². The molecule has 126 valence electrons. The number of aryl methyl sites for hydroxylation is 1. The summed E-state index contributed by atoms with van der Waals surface area (Å²) >= 11 is 3.35. The van der Waals surface area contributed by atoms with Crippen LogP contribution in [0.15, 0.2) is 10.5 Å². The minimum absolute atomic E-state index is 0.0897. The summed E-state index contributed by atoms with van der Waals surface area (Å²) in [7, 11) is 5.54. The Labute approximate surface area is 143 Å². The summed E-state index contributed by atoms with van der Waals surface area (Å²) < 4.78 is 7.45. The van der Waals surface area contributed by atoms with Gasteiger partial charge in [0.05, 0.1) is 34.5 Å². The fourth-order valence-corrected chi connectivity index (χ4v) is 3.21. The monoisotopic (exact) mass is 384 g/mol. The van der Waals surface area contributed by atoms with Crippen molar-refractivity contribution in [2.24, 2.45) is 7.05 Å². The molecule has 0 fully saturated rings. The number of aliphatic hydroxyl groups excluding tert-OH is 1. The molecule has 7 heteroatoms. The molecule has 0 radical (unpaired) electrons. The number of hydrogen-bond donors (Lipinski definition) is 2. The molecule has 0 amide bonds. The van der Waals surface area contributed by atoms with Gasteiger partial charge in [0.15, 0.2) is 0 Å². The van der Waals surface area contributed by atoms with Gasteiger partial charge in [0.2, 0.25) is 0 Å². The number of aliphatic hydroxyl groups is 1. The van der Waals surface area contributed by atoms with Gasteiger partial charge in [-0.05, 0) is 43.0 Å². The van der Waals surface area contributed by atoms with E-state index in [1.165, 1.54) is 0 Å². The maximum absolute atomic E-state index is 12.4. The van der Waals surface area contributed by atoms with Crippen LogP contribution in [0.1, 0.15) is 28.5 Å². The number of fused-ring (bicyclic) bond motifs is 1. The third-order valence-electron chi connectivity index (χ3n) is 3.74. The van der Waals surface area contributed by atoms with Crippen LogP contribution < -0.4 is 0 Å². The third kappa shape index (κ3) is 3.08. The van der Waals surface area contributed by atoms with Crippen LogP contribution in [0.2, 0.25) is 0 Å². The minimum Gasteiger partial charge on any atom is -0.506 e. The second-order valence-electron chi connectivity index (χ2n) is 5.58. The maximum atomic E-state index is 12.4. The van der Waals surface area contributed by atoms with Crippen LogP contribution in [0.4, 0.5) is 0 Å². The van der Waals surface area contributed by atoms with Crippen LogP contribution in [0.25, 0.3) is 10.9 Å². The molecule has 0 aliphatic rings. The molecule has 0 aliphatic heterocycles. The highest BCUT2D eigenvalue weighted by atomic mass is 79.9. The lowest BCUT2D eigenvalue weighted by Crippen LogP contribution is -2.13. The molecule has 1 aromatic carbocycles. The van der Waals surface area contributed by atoms with Gasteiger partial charge < -0.3 is 24.4 Å². The molecule has 23 heavy (non-hydrogen) atoms. The van der Waals surface area contributed by atoms with Crippen molar-refractivity contribution in [3.63, 3.8) is 0 Å². The Hall–Kier alpha value is -1.57. The molecule has 2 rings (SSSR count). The zero-order valence-corrected chi connectivity index (χ0v) is 15.3. The highest BCUT2D eigenvalue weighted by Crippen LogP contribution is 2.39. The van der Waals surface area contributed by atoms with E-state index < -0.39 is 5.97 Å². The number of halogens is 1. The Morgan fingerprint density at radius 2 is 2.09 bits per heavy atom. The summed E-state index contributed by atoms with van der Waals surface area (Å²) in [6.07, 6.45) is 0. The fourth-order valence-electron chi connectivity index (χ4n) is 2.76. The van der Waals surface area contributed by atoms with Crippen molar-refractivity contribution < 1.29 is 19.7 Å². The average Bonchev–Trinajstić information content (AvgIpc) is 2.76. The quantitative estimate of drug-likeness (QED) is 0.774. The molecule has 6 nitrogen and oxygen atoms in total. The highest BCUT2D eigenvalue weighted by molar-refractivity contribution is 9.10. The Kier molecular flexibility index (Phi) is 5.33. The minimum atomic E-state index is -0.496.